The van der Waals surface area contributed by atoms with E-state index >= 15 is 0 Å². The van der Waals surface area contributed by atoms with Gasteiger partial charge in [-0.05, 0) is 6.42 Å². The lowest BCUT2D eigenvalue weighted by Gasteiger charge is -2.25. The summed E-state index contributed by atoms with van der Waals surface area (Å²) in [5.41, 5.74) is -0.464. The Morgan fingerprint density at radius 1 is 1.57 bits per heavy atom. The first kappa shape index (κ1) is 15.9. The van der Waals surface area contributed by atoms with Crippen LogP contribution in [0.5, 0.6) is 0 Å². The third-order valence-electron chi connectivity index (χ3n) is 3.33. The summed E-state index contributed by atoms with van der Waals surface area (Å²) in [4.78, 5) is 11.0. The van der Waals surface area contributed by atoms with E-state index in [0.717, 1.165) is 10.5 Å². The molecule has 0 bridgehead atoms. The van der Waals surface area contributed by atoms with Gasteiger partial charge in [-0.1, -0.05) is 6.92 Å². The Morgan fingerprint density at radius 2 is 2.24 bits per heavy atom. The Balaban J connectivity index is 2.41. The minimum atomic E-state index is -4.15. The fraction of sp³-hybridized carbons (Fsp3) is 0.600. The molecule has 1 saturated heterocycles. The lowest BCUT2D eigenvalue weighted by Crippen LogP contribution is -2.41. The highest BCUT2D eigenvalue weighted by molar-refractivity contribution is 7.92. The highest BCUT2D eigenvalue weighted by Gasteiger charge is 2.40. The Hall–Kier alpha value is -1.46. The molecule has 1 aliphatic heterocycles. The predicted octanol–water partition coefficient (Wildman–Crippen LogP) is -0.694. The fourth-order valence-electron chi connectivity index (χ4n) is 2.37. The van der Waals surface area contributed by atoms with Gasteiger partial charge in [0.05, 0.1) is 17.7 Å². The predicted molar refractivity (Wildman–Crippen MR) is 72.2 cm³/mol. The summed E-state index contributed by atoms with van der Waals surface area (Å²) < 4.78 is 49.1. The van der Waals surface area contributed by atoms with Gasteiger partial charge in [-0.25, -0.2) is 21.6 Å². The van der Waals surface area contributed by atoms with Gasteiger partial charge >= 0.3 is 5.97 Å². The Morgan fingerprint density at radius 3 is 2.71 bits per heavy atom. The number of nitrogens with one attached hydrogen (secondary N) is 1. The van der Waals surface area contributed by atoms with Gasteiger partial charge in [-0.2, -0.15) is 9.40 Å². The summed E-state index contributed by atoms with van der Waals surface area (Å²) in [6.45, 7) is 1.61. The molecule has 0 aromatic carbocycles. The van der Waals surface area contributed by atoms with Crippen molar-refractivity contribution >= 4 is 25.8 Å². The number of rotatable bonds is 5. The third-order valence-corrected chi connectivity index (χ3v) is 7.08. The molecule has 21 heavy (non-hydrogen) atoms. The number of aromatic nitrogens is 2. The average molecular weight is 337 g/mol. The number of sulfonamides is 1. The molecule has 118 valence electrons. The first-order chi connectivity index (χ1) is 9.69. The van der Waals surface area contributed by atoms with E-state index in [0.29, 0.717) is 0 Å². The second-order valence-electron chi connectivity index (χ2n) is 4.68. The molecule has 0 radical (unpaired) electrons. The summed E-state index contributed by atoms with van der Waals surface area (Å²) in [6.07, 6.45) is 1.11. The van der Waals surface area contributed by atoms with Gasteiger partial charge in [0.25, 0.3) is 10.0 Å². The first-order valence-electron chi connectivity index (χ1n) is 6.18. The molecular formula is C10H15N3O6S2. The van der Waals surface area contributed by atoms with Crippen LogP contribution in [0.1, 0.15) is 23.7 Å². The van der Waals surface area contributed by atoms with E-state index in [2.05, 4.69) is 10.2 Å². The molecule has 1 aliphatic rings. The summed E-state index contributed by atoms with van der Waals surface area (Å²) in [6, 6.07) is -0.685. The van der Waals surface area contributed by atoms with Gasteiger partial charge in [-0.3, -0.25) is 5.10 Å². The molecule has 0 aliphatic carbocycles. The molecule has 1 fully saturated rings. The number of nitrogens with zero attached hydrogens (tertiary/aromatic N) is 2. The Labute approximate surface area is 121 Å². The van der Waals surface area contributed by atoms with E-state index in [4.69, 9.17) is 5.11 Å². The number of carbonyl (C=O) groups is 1. The van der Waals surface area contributed by atoms with Crippen LogP contribution in [0, 0.1) is 0 Å². The molecule has 1 atom stereocenters. The summed E-state index contributed by atoms with van der Waals surface area (Å²) in [5.74, 6) is -1.74. The molecule has 2 rings (SSSR count). The first-order valence-corrected chi connectivity index (χ1v) is 9.44. The van der Waals surface area contributed by atoms with Crippen LogP contribution in [0.3, 0.4) is 0 Å². The number of aromatic carboxylic acids is 1. The largest absolute Gasteiger partial charge is 0.478 e. The number of aromatic amines is 1. The molecule has 0 amide bonds. The Bertz CT molecular complexity index is 752. The van der Waals surface area contributed by atoms with Crippen LogP contribution in [0.2, 0.25) is 0 Å². The monoisotopic (exact) mass is 337 g/mol. The zero-order valence-electron chi connectivity index (χ0n) is 11.2. The molecule has 9 nitrogen and oxygen atoms in total. The normalized spacial score (nSPS) is 21.7. The van der Waals surface area contributed by atoms with E-state index in [1.807, 2.05) is 0 Å². The molecule has 1 aromatic heterocycles. The quantitative estimate of drug-likeness (QED) is 0.725. The molecule has 0 spiro atoms. The molecular weight excluding hydrogens is 322 g/mol. The topological polar surface area (TPSA) is 138 Å². The van der Waals surface area contributed by atoms with Crippen LogP contribution in [-0.4, -0.2) is 66.5 Å². The van der Waals surface area contributed by atoms with E-state index in [-0.39, 0.29) is 24.5 Å². The third kappa shape index (κ3) is 2.94. The van der Waals surface area contributed by atoms with Crippen molar-refractivity contribution in [2.45, 2.75) is 24.4 Å². The highest BCUT2D eigenvalue weighted by Crippen LogP contribution is 2.25. The van der Waals surface area contributed by atoms with Gasteiger partial charge in [0.1, 0.15) is 5.56 Å². The van der Waals surface area contributed by atoms with E-state index in [1.165, 1.54) is 0 Å². The molecule has 1 aromatic rings. The average Bonchev–Trinajstić information content (AvgIpc) is 2.96. The zero-order valence-corrected chi connectivity index (χ0v) is 12.8. The number of hydrogen-bond donors (Lipinski definition) is 2. The van der Waals surface area contributed by atoms with E-state index in [1.54, 1.807) is 6.92 Å². The van der Waals surface area contributed by atoms with Crippen molar-refractivity contribution in [3.8, 4) is 0 Å². The number of sulfone groups is 1. The van der Waals surface area contributed by atoms with Crippen molar-refractivity contribution in [2.24, 2.45) is 0 Å². The van der Waals surface area contributed by atoms with Gasteiger partial charge in [0, 0.05) is 12.6 Å². The smallest absolute Gasteiger partial charge is 0.340 e. The summed E-state index contributed by atoms with van der Waals surface area (Å²) in [7, 11) is -7.40. The lowest BCUT2D eigenvalue weighted by molar-refractivity contribution is 0.0692. The van der Waals surface area contributed by atoms with Gasteiger partial charge < -0.3 is 5.11 Å². The van der Waals surface area contributed by atoms with E-state index < -0.39 is 42.5 Å². The van der Waals surface area contributed by atoms with Crippen LogP contribution in [0.25, 0.3) is 0 Å². The molecule has 2 N–H and O–H groups in total. The minimum Gasteiger partial charge on any atom is -0.478 e. The number of hydrogen-bond acceptors (Lipinski definition) is 6. The molecule has 1 unspecified atom stereocenters. The minimum absolute atomic E-state index is 0.0423. The van der Waals surface area contributed by atoms with Gasteiger partial charge in [0.2, 0.25) is 0 Å². The van der Waals surface area contributed by atoms with Crippen molar-refractivity contribution in [1.29, 1.82) is 0 Å². The molecule has 2 heterocycles. The van der Waals surface area contributed by atoms with Crippen LogP contribution in [0.4, 0.5) is 0 Å². The van der Waals surface area contributed by atoms with Crippen molar-refractivity contribution in [3.63, 3.8) is 0 Å². The van der Waals surface area contributed by atoms with Crippen molar-refractivity contribution in [1.82, 2.24) is 14.5 Å². The highest BCUT2D eigenvalue weighted by atomic mass is 32.2. The second kappa shape index (κ2) is 5.39. The van der Waals surface area contributed by atoms with Crippen LogP contribution in [-0.2, 0) is 19.9 Å². The maximum atomic E-state index is 12.5. The summed E-state index contributed by atoms with van der Waals surface area (Å²) in [5, 5.41) is 14.1. The SMILES string of the molecule is CCN(C1CCS(=O)(=O)C1)S(=O)(=O)c1[nH]ncc1C(=O)O. The zero-order chi connectivity index (χ0) is 15.8. The lowest BCUT2D eigenvalue weighted by atomic mass is 10.3. The molecule has 11 heteroatoms. The second-order valence-corrected chi connectivity index (χ2v) is 8.74. The summed E-state index contributed by atoms with van der Waals surface area (Å²) >= 11 is 0. The van der Waals surface area contributed by atoms with E-state index in [9.17, 15) is 21.6 Å². The van der Waals surface area contributed by atoms with Crippen molar-refractivity contribution in [2.75, 3.05) is 18.1 Å². The Kier molecular flexibility index (Phi) is 4.08. The maximum Gasteiger partial charge on any atom is 0.340 e. The van der Waals surface area contributed by atoms with Gasteiger partial charge in [0.15, 0.2) is 14.9 Å². The number of carboxylic acids is 1. The standard InChI is InChI=1S/C10H15N3O6S2/c1-2-13(7-3-4-20(16,17)6-7)21(18,19)9-8(10(14)15)5-11-12-9/h5,7H,2-4,6H2,1H3,(H,11,12)(H,14,15). The number of H-pyrrole nitrogens is 1. The molecule has 0 saturated carbocycles. The van der Waals surface area contributed by atoms with Crippen LogP contribution >= 0.6 is 0 Å². The fourth-order valence-corrected chi connectivity index (χ4v) is 5.93. The van der Waals surface area contributed by atoms with Gasteiger partial charge in [-0.15, -0.1) is 0 Å². The number of carboxylic acid groups (broad SMARTS) is 1. The van der Waals surface area contributed by atoms with Crippen LogP contribution in [0.15, 0.2) is 11.2 Å². The van der Waals surface area contributed by atoms with Crippen LogP contribution < -0.4 is 0 Å². The van der Waals surface area contributed by atoms with Crippen molar-refractivity contribution in [3.05, 3.63) is 11.8 Å². The maximum absolute atomic E-state index is 12.5. The van der Waals surface area contributed by atoms with Crippen molar-refractivity contribution < 1.29 is 26.7 Å².